The fraction of sp³-hybridized carbons (Fsp3) is 0.826. The Bertz CT molecular complexity index is 622. The second-order valence-electron chi connectivity index (χ2n) is 11.1. The molecule has 5 nitrogen and oxygen atoms in total. The molecule has 2 spiro atoms. The highest BCUT2D eigenvalue weighted by atomic mass is 16.2. The Morgan fingerprint density at radius 1 is 0.714 bits per heavy atom. The van der Waals surface area contributed by atoms with Crippen LogP contribution < -0.4 is 0 Å². The van der Waals surface area contributed by atoms with Gasteiger partial charge in [0.1, 0.15) is 34.0 Å². The number of carbonyl (C=O) groups is 4. The number of likely N-dealkylation sites (tertiary alicyclic amines) is 1. The number of hydrogen-bond acceptors (Lipinski definition) is 5. The molecule has 2 saturated carbocycles. The van der Waals surface area contributed by atoms with Crippen LogP contribution in [0.4, 0.5) is 0 Å². The third kappa shape index (κ3) is 3.51. The van der Waals surface area contributed by atoms with Crippen LogP contribution in [0.5, 0.6) is 0 Å². The van der Waals surface area contributed by atoms with Crippen molar-refractivity contribution in [2.75, 3.05) is 19.6 Å². The van der Waals surface area contributed by atoms with E-state index in [9.17, 15) is 19.2 Å². The first kappa shape index (κ1) is 21.4. The van der Waals surface area contributed by atoms with Crippen LogP contribution in [0, 0.1) is 21.7 Å². The minimum absolute atomic E-state index is 0.0697. The molecule has 0 atom stereocenters. The van der Waals surface area contributed by atoms with E-state index >= 15 is 0 Å². The van der Waals surface area contributed by atoms with Gasteiger partial charge in [-0.05, 0) is 30.2 Å². The van der Waals surface area contributed by atoms with Gasteiger partial charge in [0, 0.05) is 38.8 Å². The molecule has 0 amide bonds. The van der Waals surface area contributed by atoms with E-state index in [1.807, 2.05) is 27.7 Å². The number of Topliss-reactive ketones (excluding diaryl/α,β-unsaturated/α-hetero) is 4. The van der Waals surface area contributed by atoms with Crippen molar-refractivity contribution in [1.29, 1.82) is 0 Å². The quantitative estimate of drug-likeness (QED) is 0.692. The average Bonchev–Trinajstić information content (AvgIpc) is 2.55. The van der Waals surface area contributed by atoms with E-state index in [-0.39, 0.29) is 40.4 Å². The smallest absolute Gasteiger partial charge is 0.148 e. The zero-order valence-electron chi connectivity index (χ0n) is 18.2. The van der Waals surface area contributed by atoms with Crippen molar-refractivity contribution >= 4 is 23.1 Å². The summed E-state index contributed by atoms with van der Waals surface area (Å²) in [6, 6.07) is 0. The number of carbonyl (C=O) groups excluding carboxylic acids is 4. The minimum Gasteiger partial charge on any atom is -0.300 e. The summed E-state index contributed by atoms with van der Waals surface area (Å²) >= 11 is 0. The van der Waals surface area contributed by atoms with Gasteiger partial charge in [0.2, 0.25) is 0 Å². The van der Waals surface area contributed by atoms with Crippen LogP contribution in [0.3, 0.4) is 0 Å². The fourth-order valence-electron chi connectivity index (χ4n) is 5.58. The molecule has 3 aliphatic rings. The normalized spacial score (nSPS) is 28.9. The lowest BCUT2D eigenvalue weighted by Gasteiger charge is -2.54. The van der Waals surface area contributed by atoms with Gasteiger partial charge in [-0.2, -0.15) is 0 Å². The second-order valence-corrected chi connectivity index (χ2v) is 11.1. The van der Waals surface area contributed by atoms with Gasteiger partial charge in [0.25, 0.3) is 0 Å². The monoisotopic (exact) mass is 389 g/mol. The van der Waals surface area contributed by atoms with Crippen LogP contribution in [0.1, 0.15) is 79.6 Å². The molecule has 0 aromatic carbocycles. The summed E-state index contributed by atoms with van der Waals surface area (Å²) in [5.41, 5.74) is -3.07. The van der Waals surface area contributed by atoms with Crippen molar-refractivity contribution in [2.24, 2.45) is 21.7 Å². The summed E-state index contributed by atoms with van der Waals surface area (Å²) in [6.45, 7) is 11.3. The first-order valence-electron chi connectivity index (χ1n) is 10.7. The Kier molecular flexibility index (Phi) is 5.23. The molecule has 1 aliphatic heterocycles. The number of nitrogens with zero attached hydrogens (tertiary/aromatic N) is 1. The van der Waals surface area contributed by atoms with E-state index in [2.05, 4.69) is 11.8 Å². The highest BCUT2D eigenvalue weighted by molar-refractivity contribution is 6.15. The zero-order chi connectivity index (χ0) is 21.0. The largest absolute Gasteiger partial charge is 0.300 e. The lowest BCUT2D eigenvalue weighted by Crippen LogP contribution is -2.66. The fourth-order valence-corrected chi connectivity index (χ4v) is 5.58. The molecule has 1 saturated heterocycles. The Labute approximate surface area is 168 Å². The predicted molar refractivity (Wildman–Crippen MR) is 107 cm³/mol. The molecule has 0 radical (unpaired) electrons. The van der Waals surface area contributed by atoms with Crippen molar-refractivity contribution in [2.45, 2.75) is 79.6 Å². The Morgan fingerprint density at radius 2 is 1.07 bits per heavy atom. The number of ketones is 4. The molecular formula is C23H35NO4. The summed E-state index contributed by atoms with van der Waals surface area (Å²) in [5, 5.41) is 0. The lowest BCUT2D eigenvalue weighted by atomic mass is 9.51. The maximum atomic E-state index is 13.3. The van der Waals surface area contributed by atoms with Crippen LogP contribution in [0.2, 0.25) is 0 Å². The number of rotatable bonds is 3. The van der Waals surface area contributed by atoms with Crippen molar-refractivity contribution in [3.05, 3.63) is 0 Å². The molecule has 3 fully saturated rings. The zero-order valence-corrected chi connectivity index (χ0v) is 18.2. The van der Waals surface area contributed by atoms with Gasteiger partial charge in [-0.1, -0.05) is 41.0 Å². The topological polar surface area (TPSA) is 71.5 Å². The van der Waals surface area contributed by atoms with E-state index in [1.54, 1.807) is 0 Å². The van der Waals surface area contributed by atoms with E-state index in [1.165, 1.54) is 0 Å². The minimum atomic E-state index is -1.19. The van der Waals surface area contributed by atoms with Crippen LogP contribution >= 0.6 is 0 Å². The summed E-state index contributed by atoms with van der Waals surface area (Å²) < 4.78 is 0. The van der Waals surface area contributed by atoms with Gasteiger partial charge >= 0.3 is 0 Å². The van der Waals surface area contributed by atoms with E-state index in [0.717, 1.165) is 12.8 Å². The van der Waals surface area contributed by atoms with Crippen LogP contribution in [-0.2, 0) is 19.2 Å². The van der Waals surface area contributed by atoms with Gasteiger partial charge < -0.3 is 4.90 Å². The van der Waals surface area contributed by atoms with Gasteiger partial charge in [0.05, 0.1) is 0 Å². The third-order valence-corrected chi connectivity index (χ3v) is 7.11. The van der Waals surface area contributed by atoms with E-state index in [0.29, 0.717) is 45.3 Å². The summed E-state index contributed by atoms with van der Waals surface area (Å²) in [7, 11) is 0. The number of unbranched alkanes of at least 4 members (excludes halogenated alkanes) is 1. The van der Waals surface area contributed by atoms with Gasteiger partial charge in [-0.25, -0.2) is 0 Å². The maximum Gasteiger partial charge on any atom is 0.148 e. The van der Waals surface area contributed by atoms with Crippen molar-refractivity contribution in [1.82, 2.24) is 4.90 Å². The van der Waals surface area contributed by atoms with E-state index in [4.69, 9.17) is 0 Å². The van der Waals surface area contributed by atoms with E-state index < -0.39 is 10.8 Å². The molecule has 1 heterocycles. The molecule has 0 aromatic rings. The number of piperidine rings is 1. The molecule has 0 aromatic heterocycles. The highest BCUT2D eigenvalue weighted by Crippen LogP contribution is 2.53. The Balaban J connectivity index is 2.03. The van der Waals surface area contributed by atoms with Gasteiger partial charge in [-0.3, -0.25) is 19.2 Å². The second kappa shape index (κ2) is 6.86. The molecule has 0 bridgehead atoms. The lowest BCUT2D eigenvalue weighted by molar-refractivity contribution is -0.166. The van der Waals surface area contributed by atoms with Gasteiger partial charge in [-0.15, -0.1) is 0 Å². The van der Waals surface area contributed by atoms with Gasteiger partial charge in [0.15, 0.2) is 0 Å². The standard InChI is InChI=1S/C23H35NO4/c1-6-7-8-24-14-22(16(25)9-20(2,3)10-17(22)26)13-23(15-24)18(27)11-21(4,5)12-19(23)28/h6-15H2,1-5H3. The number of hydrogen-bond donors (Lipinski definition) is 0. The molecule has 156 valence electrons. The van der Waals surface area contributed by atoms with Crippen molar-refractivity contribution in [3.8, 4) is 0 Å². The molecule has 28 heavy (non-hydrogen) atoms. The third-order valence-electron chi connectivity index (χ3n) is 7.11. The summed E-state index contributed by atoms with van der Waals surface area (Å²) in [6.07, 6.45) is 3.36. The molecule has 0 unspecified atom stereocenters. The predicted octanol–water partition coefficient (Wildman–Crippen LogP) is 3.38. The first-order chi connectivity index (χ1) is 12.9. The van der Waals surface area contributed by atoms with Crippen molar-refractivity contribution in [3.63, 3.8) is 0 Å². The highest BCUT2D eigenvalue weighted by Gasteiger charge is 2.64. The molecule has 0 N–H and O–H groups in total. The Hall–Kier alpha value is -1.36. The summed E-state index contributed by atoms with van der Waals surface area (Å²) in [4.78, 5) is 55.3. The van der Waals surface area contributed by atoms with Crippen LogP contribution in [-0.4, -0.2) is 47.7 Å². The molecule has 3 rings (SSSR count). The van der Waals surface area contributed by atoms with Crippen LogP contribution in [0.25, 0.3) is 0 Å². The molecule has 5 heteroatoms. The van der Waals surface area contributed by atoms with Crippen LogP contribution in [0.15, 0.2) is 0 Å². The molecule has 2 aliphatic carbocycles. The Morgan fingerprint density at radius 3 is 1.39 bits per heavy atom. The van der Waals surface area contributed by atoms with Crippen molar-refractivity contribution < 1.29 is 19.2 Å². The maximum absolute atomic E-state index is 13.3. The average molecular weight is 390 g/mol. The first-order valence-corrected chi connectivity index (χ1v) is 10.7. The SMILES string of the molecule is CCCCN1CC2(CC3(C1)C(=O)CC(C)(C)CC3=O)C(=O)CC(C)(C)CC2=O. The molecular weight excluding hydrogens is 354 g/mol. The summed E-state index contributed by atoms with van der Waals surface area (Å²) in [5.74, 6) is -0.279.